The Bertz CT molecular complexity index is 1340. The molecule has 2 aromatic rings. The molecule has 1 fully saturated rings. The zero-order chi connectivity index (χ0) is 28.9. The fraction of sp³-hybridized carbons (Fsp3) is 0.346. The van der Waals surface area contributed by atoms with E-state index in [2.05, 4.69) is 20.0 Å². The van der Waals surface area contributed by atoms with Gasteiger partial charge in [0.15, 0.2) is 17.5 Å². The zero-order valence-corrected chi connectivity index (χ0v) is 23.4. The second kappa shape index (κ2) is 12.7. The first-order valence-electron chi connectivity index (χ1n) is 12.1. The normalized spacial score (nSPS) is 14.7. The molecule has 0 spiro atoms. The van der Waals surface area contributed by atoms with Gasteiger partial charge in [-0.15, -0.1) is 11.8 Å². The number of carbonyl (C=O) groups is 1. The molecule has 0 bridgehead atoms. The summed E-state index contributed by atoms with van der Waals surface area (Å²) in [6.45, 7) is 1.57. The van der Waals surface area contributed by atoms with Gasteiger partial charge in [-0.1, -0.05) is 0 Å². The van der Waals surface area contributed by atoms with E-state index in [1.165, 1.54) is 59.2 Å². The fourth-order valence-corrected chi connectivity index (χ4v) is 4.11. The number of amidine groups is 1. The lowest BCUT2D eigenvalue weighted by molar-refractivity contribution is -0.127. The highest BCUT2D eigenvalue weighted by Crippen LogP contribution is 2.47. The van der Waals surface area contributed by atoms with E-state index >= 15 is 8.78 Å². The van der Waals surface area contributed by atoms with Gasteiger partial charge in [0, 0.05) is 55.3 Å². The third-order valence-corrected chi connectivity index (χ3v) is 6.49. The Labute approximate surface area is 230 Å². The minimum atomic E-state index is -0.775. The molecular weight excluding hydrogens is 524 g/mol. The lowest BCUT2D eigenvalue weighted by Crippen LogP contribution is -2.24. The van der Waals surface area contributed by atoms with Crippen molar-refractivity contribution in [3.63, 3.8) is 0 Å². The van der Waals surface area contributed by atoms with Crippen molar-refractivity contribution in [2.75, 3.05) is 38.8 Å². The number of allylic oxidation sites excluding steroid dienone is 2. The third-order valence-electron chi connectivity index (χ3n) is 5.78. The number of hydrogen-bond donors (Lipinski definition) is 3. The second-order valence-electron chi connectivity index (χ2n) is 9.19. The summed E-state index contributed by atoms with van der Waals surface area (Å²) in [7, 11) is 4.71. The molecule has 13 heteroatoms. The average Bonchev–Trinajstić information content (AvgIpc) is 3.70. The highest BCUT2D eigenvalue weighted by molar-refractivity contribution is 7.98. The number of halogens is 2. The first-order valence-corrected chi connectivity index (χ1v) is 13.3. The van der Waals surface area contributed by atoms with E-state index < -0.39 is 11.6 Å². The number of nitrogens with zero attached hydrogens (tertiary/aromatic N) is 6. The van der Waals surface area contributed by atoms with Crippen molar-refractivity contribution < 1.29 is 13.6 Å². The standard InChI is InChI=1S/C26H33F2N9OS/c1-14(30)8-20(31)33-25-22(15-6-7-15)23(16(11-29)12-32-13-21(38)36(2)3)34-26(35-25)37(4)24-18(27)9-17(39-5)10-19(24)28/h8-12,15H,6-7,13,29-30H2,1-5H3,(H2,31,33,34,35)/b14-8-,16-11+,32-12?. The van der Waals surface area contributed by atoms with Gasteiger partial charge in [-0.2, -0.15) is 4.98 Å². The molecule has 0 unspecified atom stereocenters. The summed E-state index contributed by atoms with van der Waals surface area (Å²) in [4.78, 5) is 33.0. The van der Waals surface area contributed by atoms with Crippen molar-refractivity contribution in [1.29, 1.82) is 0 Å². The smallest absolute Gasteiger partial charge is 0.243 e. The minimum absolute atomic E-state index is 0.0405. The van der Waals surface area contributed by atoms with E-state index in [9.17, 15) is 4.79 Å². The number of nitrogens with two attached hydrogens (primary N) is 3. The van der Waals surface area contributed by atoms with Crippen LogP contribution in [0.5, 0.6) is 0 Å². The molecule has 3 rings (SSSR count). The molecule has 6 N–H and O–H groups in total. The number of benzene rings is 1. The van der Waals surface area contributed by atoms with E-state index in [0.717, 1.165) is 12.8 Å². The maximum Gasteiger partial charge on any atom is 0.243 e. The lowest BCUT2D eigenvalue weighted by Gasteiger charge is -2.22. The van der Waals surface area contributed by atoms with Crippen LogP contribution in [-0.4, -0.2) is 66.8 Å². The number of thioether (sulfide) groups is 1. The lowest BCUT2D eigenvalue weighted by atomic mass is 10.0. The summed E-state index contributed by atoms with van der Waals surface area (Å²) in [5.74, 6) is -1.41. The first kappa shape index (κ1) is 29.6. The average molecular weight is 558 g/mol. The molecule has 1 aliphatic rings. The van der Waals surface area contributed by atoms with Crippen molar-refractivity contribution >= 4 is 52.7 Å². The Morgan fingerprint density at radius 1 is 1.18 bits per heavy atom. The third kappa shape index (κ3) is 7.31. The molecule has 10 nitrogen and oxygen atoms in total. The van der Waals surface area contributed by atoms with Gasteiger partial charge >= 0.3 is 0 Å². The van der Waals surface area contributed by atoms with Crippen LogP contribution in [0, 0.1) is 11.6 Å². The number of aliphatic imine (C=N–C) groups is 2. The monoisotopic (exact) mass is 557 g/mol. The van der Waals surface area contributed by atoms with Gasteiger partial charge in [-0.25, -0.2) is 18.8 Å². The van der Waals surface area contributed by atoms with Crippen LogP contribution in [0.15, 0.2) is 45.0 Å². The molecule has 0 radical (unpaired) electrons. The topological polar surface area (TPSA) is 152 Å². The largest absolute Gasteiger partial charge is 0.404 e. The fourth-order valence-electron chi connectivity index (χ4n) is 3.66. The van der Waals surface area contributed by atoms with E-state index in [4.69, 9.17) is 17.2 Å². The molecule has 1 aromatic heterocycles. The molecule has 1 heterocycles. The summed E-state index contributed by atoms with van der Waals surface area (Å²) in [6, 6.07) is 2.48. The van der Waals surface area contributed by atoms with E-state index in [-0.39, 0.29) is 41.7 Å². The summed E-state index contributed by atoms with van der Waals surface area (Å²) >= 11 is 1.22. The van der Waals surface area contributed by atoms with Crippen molar-refractivity contribution in [3.8, 4) is 0 Å². The Morgan fingerprint density at radius 2 is 1.82 bits per heavy atom. The molecule has 1 saturated carbocycles. The van der Waals surface area contributed by atoms with Crippen LogP contribution in [0.3, 0.4) is 0 Å². The second-order valence-corrected chi connectivity index (χ2v) is 10.1. The molecule has 1 amide bonds. The zero-order valence-electron chi connectivity index (χ0n) is 22.6. The SMILES string of the molecule is CSc1cc(F)c(N(C)c2nc(N=C(N)/C=C(/C)N)c(C3CC3)c(/C(C=NCC(=O)N(C)C)=C/N)n2)c(F)c1. The van der Waals surface area contributed by atoms with Crippen LogP contribution < -0.4 is 22.1 Å². The van der Waals surface area contributed by atoms with Gasteiger partial charge in [0.2, 0.25) is 11.9 Å². The van der Waals surface area contributed by atoms with Crippen molar-refractivity contribution in [2.45, 2.75) is 30.6 Å². The van der Waals surface area contributed by atoms with Gasteiger partial charge in [0.25, 0.3) is 0 Å². The van der Waals surface area contributed by atoms with Crippen molar-refractivity contribution in [2.24, 2.45) is 27.2 Å². The van der Waals surface area contributed by atoms with Crippen molar-refractivity contribution in [3.05, 3.63) is 53.0 Å². The van der Waals surface area contributed by atoms with Gasteiger partial charge in [-0.3, -0.25) is 9.79 Å². The quantitative estimate of drug-likeness (QED) is 0.228. The van der Waals surface area contributed by atoms with Crippen LogP contribution in [0.25, 0.3) is 5.57 Å². The number of rotatable bonds is 10. The molecule has 208 valence electrons. The number of amides is 1. The number of anilines is 2. The summed E-state index contributed by atoms with van der Waals surface area (Å²) < 4.78 is 30.1. The summed E-state index contributed by atoms with van der Waals surface area (Å²) in [5.41, 5.74) is 19.4. The minimum Gasteiger partial charge on any atom is -0.404 e. The van der Waals surface area contributed by atoms with Crippen LogP contribution in [0.2, 0.25) is 0 Å². The molecule has 0 aliphatic heterocycles. The van der Waals surface area contributed by atoms with Crippen LogP contribution in [0.4, 0.5) is 26.2 Å². The maximum atomic E-state index is 15.0. The number of carbonyl (C=O) groups excluding carboxylic acids is 1. The Kier molecular flexibility index (Phi) is 9.62. The number of likely N-dealkylation sites (N-methyl/N-ethyl adjacent to an activating group) is 1. The Balaban J connectivity index is 2.23. The van der Waals surface area contributed by atoms with Gasteiger partial charge in [-0.05, 0) is 50.1 Å². The predicted octanol–water partition coefficient (Wildman–Crippen LogP) is 3.43. The summed E-state index contributed by atoms with van der Waals surface area (Å²) in [5, 5.41) is 0. The molecule has 0 atom stereocenters. The molecular formula is C26H33F2N9OS. The molecule has 0 saturated heterocycles. The van der Waals surface area contributed by atoms with Crippen LogP contribution in [-0.2, 0) is 4.79 Å². The molecule has 1 aliphatic carbocycles. The maximum absolute atomic E-state index is 15.0. The Morgan fingerprint density at radius 3 is 2.33 bits per heavy atom. The Hall–Kier alpha value is -4.00. The first-order chi connectivity index (χ1) is 18.5. The van der Waals surface area contributed by atoms with Crippen LogP contribution >= 0.6 is 11.8 Å². The van der Waals surface area contributed by atoms with Gasteiger partial charge in [0.05, 0.1) is 5.69 Å². The highest BCUT2D eigenvalue weighted by Gasteiger charge is 2.33. The van der Waals surface area contributed by atoms with Gasteiger partial charge < -0.3 is 27.0 Å². The van der Waals surface area contributed by atoms with E-state index in [1.807, 2.05) is 0 Å². The van der Waals surface area contributed by atoms with Crippen molar-refractivity contribution in [1.82, 2.24) is 14.9 Å². The number of aromatic nitrogens is 2. The molecule has 39 heavy (non-hydrogen) atoms. The van der Waals surface area contributed by atoms with Gasteiger partial charge in [0.1, 0.15) is 18.1 Å². The summed E-state index contributed by atoms with van der Waals surface area (Å²) in [6.07, 6.45) is 7.66. The highest BCUT2D eigenvalue weighted by atomic mass is 32.2. The molecule has 1 aromatic carbocycles. The number of hydrogen-bond acceptors (Lipinski definition) is 9. The van der Waals surface area contributed by atoms with E-state index in [1.54, 1.807) is 27.3 Å². The van der Waals surface area contributed by atoms with Crippen LogP contribution in [0.1, 0.15) is 36.9 Å². The predicted molar refractivity (Wildman–Crippen MR) is 154 cm³/mol. The van der Waals surface area contributed by atoms with E-state index in [0.29, 0.717) is 27.4 Å².